The summed E-state index contributed by atoms with van der Waals surface area (Å²) in [6.07, 6.45) is 0. The van der Waals surface area contributed by atoms with Gasteiger partial charge < -0.3 is 72.6 Å². The first-order valence-corrected chi connectivity index (χ1v) is 18.6. The minimum Gasteiger partial charge on any atom is -0.508 e. The summed E-state index contributed by atoms with van der Waals surface area (Å²) in [5.41, 5.74) is -1.88. The van der Waals surface area contributed by atoms with Gasteiger partial charge in [-0.3, -0.25) is 4.79 Å². The molecule has 5 N–H and O–H groups in total. The third-order valence-electron chi connectivity index (χ3n) is 10.0. The molecule has 0 saturated carbocycles. The number of aromatic hydroxyl groups is 5. The summed E-state index contributed by atoms with van der Waals surface area (Å²) in [4.78, 5) is 56.0. The fraction of sp³-hybridized carbons (Fsp3) is 0.200. The van der Waals surface area contributed by atoms with Gasteiger partial charge in [0.15, 0.2) is 51.8 Å². The van der Waals surface area contributed by atoms with E-state index in [0.717, 1.165) is 42.5 Å². The van der Waals surface area contributed by atoms with Crippen LogP contribution in [0.2, 0.25) is 0 Å². The summed E-state index contributed by atoms with van der Waals surface area (Å²) in [6.45, 7) is 4.44. The maximum absolute atomic E-state index is 14.2. The monoisotopic (exact) mass is 884 g/mol. The van der Waals surface area contributed by atoms with Crippen molar-refractivity contribution in [3.8, 4) is 91.8 Å². The molecule has 0 amide bonds. The summed E-state index contributed by atoms with van der Waals surface area (Å²) in [5, 5.41) is 52.6. The van der Waals surface area contributed by atoms with Crippen LogP contribution in [0.4, 0.5) is 0 Å². The third-order valence-corrected chi connectivity index (χ3v) is 10.0. The zero-order chi connectivity index (χ0) is 46.9. The maximum Gasteiger partial charge on any atom is 0.344 e. The molecule has 1 aromatic heterocycles. The van der Waals surface area contributed by atoms with Gasteiger partial charge >= 0.3 is 17.9 Å². The van der Waals surface area contributed by atoms with Crippen molar-refractivity contribution in [2.24, 2.45) is 0 Å². The van der Waals surface area contributed by atoms with Crippen molar-refractivity contribution in [3.63, 3.8) is 0 Å². The van der Waals surface area contributed by atoms with Crippen LogP contribution in [0.15, 0.2) is 57.7 Å². The average Bonchev–Trinajstić information content (AvgIpc) is 3.25. The van der Waals surface area contributed by atoms with E-state index in [1.165, 1.54) is 69.5 Å². The Morgan fingerprint density at radius 3 is 1.30 bits per heavy atom. The zero-order valence-corrected chi connectivity index (χ0v) is 35.6. The lowest BCUT2D eigenvalue weighted by atomic mass is 10.1. The van der Waals surface area contributed by atoms with Gasteiger partial charge in [0.05, 0.1) is 59.3 Å². The molecule has 19 nitrogen and oxygen atoms in total. The Balaban J connectivity index is 1.57. The van der Waals surface area contributed by atoms with E-state index in [9.17, 15) is 44.7 Å². The molecule has 5 aromatic carbocycles. The fourth-order valence-electron chi connectivity index (χ4n) is 6.95. The SMILES string of the molecule is COc1c(O)cc(C(=O)Oc2ccc(-c3oc4cc(O)cc(O)c4c(=O)c3OC(=O)c3cc(O)c(OC)c(OC)c3C)cc2OC(=O)c2cc(O)c(OC)c(OC)c2C)c(C)c1OC. The van der Waals surface area contributed by atoms with Gasteiger partial charge in [0.2, 0.25) is 28.4 Å². The van der Waals surface area contributed by atoms with Crippen molar-refractivity contribution in [1.82, 2.24) is 0 Å². The molecule has 334 valence electrons. The molecule has 0 aliphatic rings. The van der Waals surface area contributed by atoms with Crippen LogP contribution in [0, 0.1) is 20.8 Å². The molecule has 0 unspecified atom stereocenters. The molecular weight excluding hydrogens is 844 g/mol. The van der Waals surface area contributed by atoms with Crippen molar-refractivity contribution in [2.75, 3.05) is 42.7 Å². The number of carbonyl (C=O) groups excluding carboxylic acids is 3. The maximum atomic E-state index is 14.2. The molecule has 0 fully saturated rings. The largest absolute Gasteiger partial charge is 0.508 e. The number of hydrogen-bond acceptors (Lipinski definition) is 19. The summed E-state index contributed by atoms with van der Waals surface area (Å²) >= 11 is 0. The van der Waals surface area contributed by atoms with E-state index in [-0.39, 0.29) is 79.0 Å². The Morgan fingerprint density at radius 2 is 0.875 bits per heavy atom. The van der Waals surface area contributed by atoms with Crippen molar-refractivity contribution >= 4 is 28.9 Å². The number of benzene rings is 5. The number of hydrogen-bond donors (Lipinski definition) is 5. The van der Waals surface area contributed by atoms with Crippen LogP contribution in [-0.4, -0.2) is 86.1 Å². The van der Waals surface area contributed by atoms with Gasteiger partial charge in [-0.25, -0.2) is 14.4 Å². The number of phenols is 5. The van der Waals surface area contributed by atoms with Crippen LogP contribution in [-0.2, 0) is 0 Å². The van der Waals surface area contributed by atoms with E-state index < -0.39 is 80.5 Å². The van der Waals surface area contributed by atoms with Crippen molar-refractivity contribution < 1.29 is 87.0 Å². The quantitative estimate of drug-likeness (QED) is 0.0602. The van der Waals surface area contributed by atoms with Gasteiger partial charge in [0.25, 0.3) is 0 Å². The van der Waals surface area contributed by atoms with Gasteiger partial charge in [0, 0.05) is 34.4 Å². The van der Waals surface area contributed by atoms with Crippen molar-refractivity contribution in [2.45, 2.75) is 20.8 Å². The second-order valence-corrected chi connectivity index (χ2v) is 13.7. The smallest absolute Gasteiger partial charge is 0.344 e. The Hall–Kier alpha value is -8.48. The molecule has 0 saturated heterocycles. The number of ether oxygens (including phenoxy) is 9. The van der Waals surface area contributed by atoms with Gasteiger partial charge in [-0.1, -0.05) is 0 Å². The van der Waals surface area contributed by atoms with E-state index in [0.29, 0.717) is 0 Å². The predicted octanol–water partition coefficient (Wildman–Crippen LogP) is 6.62. The minimum absolute atomic E-state index is 0.00692. The molecule has 0 atom stereocenters. The van der Waals surface area contributed by atoms with E-state index in [2.05, 4.69) is 0 Å². The highest BCUT2D eigenvalue weighted by atomic mass is 16.6. The summed E-state index contributed by atoms with van der Waals surface area (Å²) < 4.78 is 55.0. The topological polar surface area (TPSA) is 266 Å². The number of fused-ring (bicyclic) bond motifs is 1. The molecule has 6 aromatic rings. The number of carbonyl (C=O) groups is 3. The fourth-order valence-corrected chi connectivity index (χ4v) is 6.95. The molecule has 0 radical (unpaired) electrons. The van der Waals surface area contributed by atoms with Crippen LogP contribution in [0.5, 0.6) is 80.5 Å². The number of phenolic OH excluding ortho intramolecular Hbond substituents is 5. The van der Waals surface area contributed by atoms with Gasteiger partial charge in [-0.2, -0.15) is 0 Å². The molecule has 0 aliphatic carbocycles. The number of rotatable bonds is 13. The molecule has 19 heteroatoms. The molecule has 6 rings (SSSR count). The summed E-state index contributed by atoms with van der Waals surface area (Å²) in [7, 11) is 7.68. The van der Waals surface area contributed by atoms with Gasteiger partial charge in [-0.05, 0) is 57.2 Å². The van der Waals surface area contributed by atoms with Crippen LogP contribution < -0.4 is 48.1 Å². The lowest BCUT2D eigenvalue weighted by Crippen LogP contribution is -2.18. The highest BCUT2D eigenvalue weighted by Crippen LogP contribution is 2.46. The second kappa shape index (κ2) is 17.9. The van der Waals surface area contributed by atoms with Crippen LogP contribution in [0.3, 0.4) is 0 Å². The Morgan fingerprint density at radius 1 is 0.469 bits per heavy atom. The Kier molecular flexibility index (Phi) is 12.6. The third kappa shape index (κ3) is 7.92. The van der Waals surface area contributed by atoms with Crippen LogP contribution >= 0.6 is 0 Å². The van der Waals surface area contributed by atoms with E-state index >= 15 is 0 Å². The minimum atomic E-state index is -1.21. The first-order chi connectivity index (χ1) is 30.4. The van der Waals surface area contributed by atoms with E-state index in [1.807, 2.05) is 0 Å². The molecule has 0 bridgehead atoms. The first kappa shape index (κ1) is 45.1. The van der Waals surface area contributed by atoms with Crippen LogP contribution in [0.25, 0.3) is 22.3 Å². The molecule has 1 heterocycles. The van der Waals surface area contributed by atoms with Gasteiger partial charge in [0.1, 0.15) is 22.5 Å². The number of methoxy groups -OCH3 is 6. The van der Waals surface area contributed by atoms with E-state index in [4.69, 9.17) is 47.0 Å². The van der Waals surface area contributed by atoms with E-state index in [1.54, 1.807) is 0 Å². The summed E-state index contributed by atoms with van der Waals surface area (Å²) in [5.74, 6) is -8.69. The highest BCUT2D eigenvalue weighted by Gasteiger charge is 2.30. The second-order valence-electron chi connectivity index (χ2n) is 13.7. The van der Waals surface area contributed by atoms with Crippen LogP contribution in [0.1, 0.15) is 47.8 Å². The van der Waals surface area contributed by atoms with Gasteiger partial charge in [-0.15, -0.1) is 0 Å². The molecular formula is C45H40O19. The molecule has 64 heavy (non-hydrogen) atoms. The predicted molar refractivity (Wildman–Crippen MR) is 224 cm³/mol. The number of esters is 3. The molecule has 0 spiro atoms. The Bertz CT molecular complexity index is 2950. The Labute approximate surface area is 362 Å². The normalized spacial score (nSPS) is 10.8. The average molecular weight is 885 g/mol. The van der Waals surface area contributed by atoms with Crippen molar-refractivity contribution in [3.05, 3.63) is 92.1 Å². The molecule has 0 aliphatic heterocycles. The first-order valence-electron chi connectivity index (χ1n) is 18.6. The summed E-state index contributed by atoms with van der Waals surface area (Å²) in [6, 6.07) is 8.45. The zero-order valence-electron chi connectivity index (χ0n) is 35.6. The van der Waals surface area contributed by atoms with Crippen molar-refractivity contribution in [1.29, 1.82) is 0 Å². The highest BCUT2D eigenvalue weighted by molar-refractivity contribution is 5.99. The standard InChI is InChI=1S/C45H40O19/c1-18-23(15-27(48)39(58-7)35(18)55-4)43(52)62-30-11-10-21(12-31(30)63-44(53)24-16-28(49)40(59-8)36(56-5)19(24)2)38-42(34(51)33-26(47)13-22(46)14-32(33)61-38)64-45(54)25-17-29(50)41(60-9)37(57-6)20(25)3/h10-17,46-50H,1-9H3. The lowest BCUT2D eigenvalue weighted by molar-refractivity contribution is 0.0680. The lowest BCUT2D eigenvalue weighted by Gasteiger charge is -2.18.